The Labute approximate surface area is 141 Å². The van der Waals surface area contributed by atoms with Gasteiger partial charge in [-0.2, -0.15) is 0 Å². The first kappa shape index (κ1) is 16.7. The van der Waals surface area contributed by atoms with Crippen molar-refractivity contribution in [3.05, 3.63) is 41.8 Å². The number of amides is 1. The molecule has 1 aliphatic heterocycles. The molecule has 0 bridgehead atoms. The van der Waals surface area contributed by atoms with Gasteiger partial charge in [0.25, 0.3) is 0 Å². The zero-order valence-electron chi connectivity index (χ0n) is 13.5. The molecule has 1 saturated heterocycles. The van der Waals surface area contributed by atoms with Crippen LogP contribution in [0.1, 0.15) is 17.9 Å². The van der Waals surface area contributed by atoms with Gasteiger partial charge in [0.05, 0.1) is 23.6 Å². The lowest BCUT2D eigenvalue weighted by molar-refractivity contribution is -0.120. The predicted molar refractivity (Wildman–Crippen MR) is 90.2 cm³/mol. The van der Waals surface area contributed by atoms with Crippen LogP contribution in [-0.4, -0.2) is 37.4 Å². The van der Waals surface area contributed by atoms with Crippen LogP contribution in [0.25, 0.3) is 11.5 Å². The van der Waals surface area contributed by atoms with Gasteiger partial charge in [-0.15, -0.1) is 0 Å². The van der Waals surface area contributed by atoms with Crippen molar-refractivity contribution >= 4 is 15.7 Å². The fraction of sp³-hybridized carbons (Fsp3) is 0.412. The summed E-state index contributed by atoms with van der Waals surface area (Å²) in [7, 11) is -2.91. The molecule has 2 aromatic rings. The highest BCUT2D eigenvalue weighted by atomic mass is 32.2. The van der Waals surface area contributed by atoms with Crippen LogP contribution in [-0.2, 0) is 21.1 Å². The first-order valence-corrected chi connectivity index (χ1v) is 9.74. The fourth-order valence-corrected chi connectivity index (χ4v) is 4.66. The minimum atomic E-state index is -2.91. The number of nitrogens with one attached hydrogen (secondary N) is 1. The Morgan fingerprint density at radius 1 is 1.33 bits per heavy atom. The van der Waals surface area contributed by atoms with Crippen molar-refractivity contribution in [2.24, 2.45) is 5.92 Å². The van der Waals surface area contributed by atoms with E-state index >= 15 is 0 Å². The number of benzene rings is 1. The number of nitrogens with zero attached hydrogens (tertiary/aromatic N) is 1. The maximum absolute atomic E-state index is 12.1. The number of rotatable bonds is 5. The summed E-state index contributed by atoms with van der Waals surface area (Å²) < 4.78 is 28.5. The minimum absolute atomic E-state index is 0.0113. The zero-order chi connectivity index (χ0) is 17.2. The molecule has 3 rings (SSSR count). The molecule has 128 valence electrons. The first-order chi connectivity index (χ1) is 11.4. The molecular formula is C17H20N2O4S. The minimum Gasteiger partial charge on any atom is -0.441 e. The number of hydrogen-bond acceptors (Lipinski definition) is 5. The largest absolute Gasteiger partial charge is 0.441 e. The van der Waals surface area contributed by atoms with Crippen LogP contribution >= 0.6 is 0 Å². The summed E-state index contributed by atoms with van der Waals surface area (Å²) >= 11 is 0. The molecule has 0 radical (unpaired) electrons. The average molecular weight is 348 g/mol. The summed E-state index contributed by atoms with van der Waals surface area (Å²) in [6, 6.07) is 9.51. The second-order valence-electron chi connectivity index (χ2n) is 6.14. The molecule has 1 fully saturated rings. The fourth-order valence-electron chi connectivity index (χ4n) is 2.80. The second-order valence-corrected chi connectivity index (χ2v) is 8.37. The lowest BCUT2D eigenvalue weighted by Crippen LogP contribution is -2.31. The Balaban J connectivity index is 1.58. The molecule has 6 nitrogen and oxygen atoms in total. The lowest BCUT2D eigenvalue weighted by atomic mass is 10.1. The molecule has 1 amide bonds. The van der Waals surface area contributed by atoms with Gasteiger partial charge in [-0.25, -0.2) is 13.4 Å². The molecule has 0 aliphatic carbocycles. The molecule has 1 aromatic heterocycles. The van der Waals surface area contributed by atoms with E-state index in [9.17, 15) is 13.2 Å². The monoisotopic (exact) mass is 348 g/mol. The molecule has 1 aliphatic rings. The molecule has 7 heteroatoms. The van der Waals surface area contributed by atoms with Crippen molar-refractivity contribution < 1.29 is 17.6 Å². The van der Waals surface area contributed by atoms with Gasteiger partial charge in [-0.3, -0.25) is 4.79 Å². The third kappa shape index (κ3) is 4.03. The van der Waals surface area contributed by atoms with Gasteiger partial charge in [0.15, 0.2) is 9.84 Å². The first-order valence-electron chi connectivity index (χ1n) is 7.92. The topological polar surface area (TPSA) is 89.3 Å². The second kappa shape index (κ2) is 6.76. The van der Waals surface area contributed by atoms with Crippen LogP contribution in [0.5, 0.6) is 0 Å². The van der Waals surface area contributed by atoms with Gasteiger partial charge < -0.3 is 9.73 Å². The number of sulfone groups is 1. The Hall–Kier alpha value is -2.15. The van der Waals surface area contributed by atoms with Crippen molar-refractivity contribution in [3.8, 4) is 11.5 Å². The van der Waals surface area contributed by atoms with Crippen molar-refractivity contribution in [1.82, 2.24) is 10.3 Å². The van der Waals surface area contributed by atoms with Crippen LogP contribution in [0.2, 0.25) is 0 Å². The van der Waals surface area contributed by atoms with E-state index in [1.54, 1.807) is 6.92 Å². The van der Waals surface area contributed by atoms with Crippen molar-refractivity contribution in [1.29, 1.82) is 0 Å². The number of aromatic nitrogens is 1. The van der Waals surface area contributed by atoms with Gasteiger partial charge in [-0.1, -0.05) is 18.2 Å². The van der Waals surface area contributed by atoms with Gasteiger partial charge in [0.2, 0.25) is 11.8 Å². The van der Waals surface area contributed by atoms with E-state index in [2.05, 4.69) is 10.3 Å². The molecule has 1 aromatic carbocycles. The van der Waals surface area contributed by atoms with Gasteiger partial charge in [0, 0.05) is 12.1 Å². The summed E-state index contributed by atoms with van der Waals surface area (Å²) in [5, 5.41) is 2.80. The average Bonchev–Trinajstić information content (AvgIpc) is 3.09. The van der Waals surface area contributed by atoms with Crippen molar-refractivity contribution in [2.75, 3.05) is 18.1 Å². The number of carbonyl (C=O) groups is 1. The van der Waals surface area contributed by atoms with E-state index in [1.807, 2.05) is 30.3 Å². The Bertz CT molecular complexity index is 828. The third-order valence-corrected chi connectivity index (χ3v) is 5.99. The Morgan fingerprint density at radius 2 is 2.08 bits per heavy atom. The van der Waals surface area contributed by atoms with Gasteiger partial charge in [0.1, 0.15) is 5.76 Å². The Kier molecular flexibility index (Phi) is 4.71. The lowest BCUT2D eigenvalue weighted by Gasteiger charge is -2.08. The Morgan fingerprint density at radius 3 is 2.75 bits per heavy atom. The number of oxazole rings is 1. The normalized spacial score (nSPS) is 19.3. The molecule has 1 unspecified atom stereocenters. The molecule has 2 heterocycles. The van der Waals surface area contributed by atoms with E-state index in [0.29, 0.717) is 30.3 Å². The van der Waals surface area contributed by atoms with Gasteiger partial charge in [-0.05, 0) is 31.4 Å². The molecule has 1 atom stereocenters. The highest BCUT2D eigenvalue weighted by Gasteiger charge is 2.28. The maximum atomic E-state index is 12.1. The van der Waals surface area contributed by atoms with Gasteiger partial charge >= 0.3 is 0 Å². The maximum Gasteiger partial charge on any atom is 0.226 e. The van der Waals surface area contributed by atoms with Crippen LogP contribution in [0, 0.1) is 12.8 Å². The highest BCUT2D eigenvalue weighted by molar-refractivity contribution is 7.91. The summed E-state index contributed by atoms with van der Waals surface area (Å²) in [5.74, 6) is 1.34. The predicted octanol–water partition coefficient (Wildman–Crippen LogP) is 1.74. The van der Waals surface area contributed by atoms with E-state index in [0.717, 1.165) is 5.56 Å². The SMILES string of the molecule is Cc1oc(-c2ccccc2)nc1CC(=O)NCC1CCS(=O)(=O)C1. The smallest absolute Gasteiger partial charge is 0.226 e. The third-order valence-electron chi connectivity index (χ3n) is 4.16. The number of hydrogen-bond donors (Lipinski definition) is 1. The number of aryl methyl sites for hydroxylation is 1. The molecule has 0 spiro atoms. The molecular weight excluding hydrogens is 328 g/mol. The zero-order valence-corrected chi connectivity index (χ0v) is 14.3. The summed E-state index contributed by atoms with van der Waals surface area (Å²) in [5.41, 5.74) is 1.47. The van der Waals surface area contributed by atoms with E-state index < -0.39 is 9.84 Å². The molecule has 1 N–H and O–H groups in total. The van der Waals surface area contributed by atoms with Crippen molar-refractivity contribution in [3.63, 3.8) is 0 Å². The van der Waals surface area contributed by atoms with Crippen LogP contribution < -0.4 is 5.32 Å². The summed E-state index contributed by atoms with van der Waals surface area (Å²) in [4.78, 5) is 16.5. The summed E-state index contributed by atoms with van der Waals surface area (Å²) in [6.45, 7) is 2.17. The van der Waals surface area contributed by atoms with E-state index in [4.69, 9.17) is 4.42 Å². The summed E-state index contributed by atoms with van der Waals surface area (Å²) in [6.07, 6.45) is 0.741. The van der Waals surface area contributed by atoms with Crippen LogP contribution in [0.15, 0.2) is 34.7 Å². The molecule has 0 saturated carbocycles. The highest BCUT2D eigenvalue weighted by Crippen LogP contribution is 2.22. The molecule has 24 heavy (non-hydrogen) atoms. The number of carbonyl (C=O) groups excluding carboxylic acids is 1. The standard InChI is InChI=1S/C17H20N2O4S/c1-12-15(19-17(23-12)14-5-3-2-4-6-14)9-16(20)18-10-13-7-8-24(21,22)11-13/h2-6,13H,7-11H2,1H3,(H,18,20). The van der Waals surface area contributed by atoms with Crippen molar-refractivity contribution in [2.45, 2.75) is 19.8 Å². The van der Waals surface area contributed by atoms with Crippen LogP contribution in [0.4, 0.5) is 0 Å². The van der Waals surface area contributed by atoms with E-state index in [-0.39, 0.29) is 29.8 Å². The van der Waals surface area contributed by atoms with Crippen LogP contribution in [0.3, 0.4) is 0 Å². The van der Waals surface area contributed by atoms with E-state index in [1.165, 1.54) is 0 Å². The quantitative estimate of drug-likeness (QED) is 0.889.